The number of hydrogen-bond acceptors (Lipinski definition) is 12. The van der Waals surface area contributed by atoms with E-state index in [-0.39, 0.29) is 52.5 Å². The lowest BCUT2D eigenvalue weighted by atomic mass is 9.98. The zero-order valence-electron chi connectivity index (χ0n) is 20.4. The predicted molar refractivity (Wildman–Crippen MR) is 142 cm³/mol. The molecule has 1 fully saturated rings. The second-order valence-electron chi connectivity index (χ2n) is 8.65. The van der Waals surface area contributed by atoms with E-state index in [2.05, 4.69) is 26.4 Å². The number of phenolic OH excluding ortho intramolecular Hbond substituents is 2. The summed E-state index contributed by atoms with van der Waals surface area (Å²) in [6, 6.07) is 3.41. The monoisotopic (exact) mass is 580 g/mol. The number of pyridine rings is 1. The first-order chi connectivity index (χ1) is 19.2. The number of oxime groups is 1. The van der Waals surface area contributed by atoms with Gasteiger partial charge in [-0.15, -0.1) is 29.5 Å². The molecule has 15 heteroatoms. The number of anilines is 1. The Balaban J connectivity index is 1.39. The number of thiazole rings is 1. The van der Waals surface area contributed by atoms with Crippen LogP contribution >= 0.6 is 23.1 Å². The fraction of sp³-hybridized carbons (Fsp3) is 0.200. The number of carboxylic acid groups (broad SMARTS) is 1. The average Bonchev–Trinajstić information content (AvgIpc) is 3.35. The van der Waals surface area contributed by atoms with E-state index in [9.17, 15) is 29.7 Å². The second-order valence-corrected chi connectivity index (χ2v) is 10.6. The molecule has 0 radical (unpaired) electrons. The van der Waals surface area contributed by atoms with Crippen molar-refractivity contribution < 1.29 is 39.5 Å². The van der Waals surface area contributed by atoms with Crippen LogP contribution in [0, 0.1) is 12.3 Å². The number of aliphatic carboxylic acids is 1. The van der Waals surface area contributed by atoms with Crippen molar-refractivity contribution >= 4 is 62.5 Å². The lowest BCUT2D eigenvalue weighted by molar-refractivity contribution is -0.387. The lowest BCUT2D eigenvalue weighted by Crippen LogP contribution is -2.71. The molecule has 0 aliphatic carbocycles. The molecular formula is C25H20N6O7S2. The summed E-state index contributed by atoms with van der Waals surface area (Å²) in [6.07, 6.45) is 6.88. The average molecular weight is 581 g/mol. The Morgan fingerprint density at radius 1 is 1.38 bits per heavy atom. The van der Waals surface area contributed by atoms with Gasteiger partial charge in [0.2, 0.25) is 0 Å². The van der Waals surface area contributed by atoms with E-state index in [1.807, 2.05) is 0 Å². The Morgan fingerprint density at radius 3 is 2.85 bits per heavy atom. The molecule has 2 amide bonds. The maximum absolute atomic E-state index is 13.1. The molecule has 5 rings (SSSR count). The molecule has 1 saturated heterocycles. The molecule has 4 heterocycles. The van der Waals surface area contributed by atoms with Gasteiger partial charge >= 0.3 is 0 Å². The first-order valence-electron chi connectivity index (χ1n) is 11.6. The molecule has 6 N–H and O–H groups in total. The maximum atomic E-state index is 13.1. The van der Waals surface area contributed by atoms with E-state index in [4.69, 9.17) is 17.0 Å². The summed E-state index contributed by atoms with van der Waals surface area (Å²) in [7, 11) is 0. The van der Waals surface area contributed by atoms with Gasteiger partial charge in [0.15, 0.2) is 40.8 Å². The third kappa shape index (κ3) is 4.85. The van der Waals surface area contributed by atoms with Crippen LogP contribution in [0.4, 0.5) is 5.13 Å². The number of aromatic hydroxyl groups is 2. The number of carbonyl (C=O) groups excluding carboxylic acids is 3. The van der Waals surface area contributed by atoms with E-state index in [1.54, 1.807) is 12.3 Å². The normalized spacial score (nSPS) is 18.6. The van der Waals surface area contributed by atoms with Gasteiger partial charge in [-0.1, -0.05) is 11.1 Å². The van der Waals surface area contributed by atoms with Crippen LogP contribution in [-0.2, 0) is 25.6 Å². The Bertz CT molecular complexity index is 1660. The number of nitrogens with two attached hydrogens (primary N) is 1. The minimum absolute atomic E-state index is 0.0972. The highest BCUT2D eigenvalue weighted by Crippen LogP contribution is 2.41. The van der Waals surface area contributed by atoms with Crippen LogP contribution in [-0.4, -0.2) is 67.4 Å². The standard InChI is InChI=1S/C25H20N6O7S2/c1-2-5-38-30-18(15-10-40-25(26)28-15)21(34)29-19-22(35)31-20(24(36)37)12(9-39-23(19)31)6-14-13-8-17(33)16(32)7-11(13)3-4-27-14/h1,3-4,7-8,10,19,23,32-33H,5-6,9H2,(H2,26,28)(H,29,34)(H,36,37)/b30-18-/t19?,23-/m1/s1. The molecule has 1 unspecified atom stereocenters. The molecule has 40 heavy (non-hydrogen) atoms. The van der Waals surface area contributed by atoms with Crippen molar-refractivity contribution in [1.29, 1.82) is 0 Å². The Kier molecular flexibility index (Phi) is 7.20. The Hall–Kier alpha value is -4.81. The number of carbonyl (C=O) groups is 3. The first-order valence-corrected chi connectivity index (χ1v) is 13.5. The molecule has 2 aliphatic heterocycles. The van der Waals surface area contributed by atoms with E-state index in [0.717, 1.165) is 16.2 Å². The first kappa shape index (κ1) is 26.8. The summed E-state index contributed by atoms with van der Waals surface area (Å²) < 4.78 is 0. The number of thioether (sulfide) groups is 1. The fourth-order valence-corrected chi connectivity index (χ4v) is 6.31. The van der Waals surface area contributed by atoms with Crippen LogP contribution in [0.5, 0.6) is 11.5 Å². The van der Waals surface area contributed by atoms with E-state index >= 15 is 0 Å². The third-order valence-electron chi connectivity index (χ3n) is 6.19. The van der Waals surface area contributed by atoms with Crippen LogP contribution < -0.4 is 21.1 Å². The van der Waals surface area contributed by atoms with Crippen molar-refractivity contribution in [3.05, 3.63) is 52.4 Å². The number of aromatic amines is 1. The molecular weight excluding hydrogens is 560 g/mol. The van der Waals surface area contributed by atoms with Crippen molar-refractivity contribution in [2.45, 2.75) is 17.8 Å². The van der Waals surface area contributed by atoms with Crippen LogP contribution in [0.3, 0.4) is 0 Å². The molecule has 3 aromatic rings. The number of carboxylic acids is 1. The van der Waals surface area contributed by atoms with Crippen molar-refractivity contribution in [1.82, 2.24) is 15.2 Å². The van der Waals surface area contributed by atoms with Crippen molar-refractivity contribution in [3.8, 4) is 23.8 Å². The summed E-state index contributed by atoms with van der Waals surface area (Å²) in [5.74, 6) is -1.15. The maximum Gasteiger partial charge on any atom is 0.276 e. The van der Waals surface area contributed by atoms with Gasteiger partial charge in [-0.3, -0.25) is 14.5 Å². The molecule has 2 aromatic heterocycles. The number of β-lactam (4-membered cyclic amide) rings is 1. The zero-order valence-corrected chi connectivity index (χ0v) is 22.0. The minimum atomic E-state index is -1.54. The number of nitrogen functional groups attached to an aromatic ring is 1. The topological polar surface area (TPSA) is 205 Å². The van der Waals surface area contributed by atoms with Crippen molar-refractivity contribution in [2.75, 3.05) is 18.1 Å². The van der Waals surface area contributed by atoms with Gasteiger partial charge in [0.25, 0.3) is 11.8 Å². The molecule has 2 atom stereocenters. The second kappa shape index (κ2) is 10.8. The van der Waals surface area contributed by atoms with E-state index in [1.165, 1.54) is 29.3 Å². The molecule has 204 valence electrons. The highest BCUT2D eigenvalue weighted by Gasteiger charge is 2.53. The number of fused-ring (bicyclic) bond motifs is 2. The molecule has 1 aromatic carbocycles. The number of nitrogens with one attached hydrogen (secondary N) is 2. The third-order valence-corrected chi connectivity index (χ3v) is 8.21. The smallest absolute Gasteiger partial charge is 0.276 e. The number of nitrogens with zero attached hydrogens (tertiary/aromatic N) is 3. The van der Waals surface area contributed by atoms with E-state index in [0.29, 0.717) is 22.0 Å². The summed E-state index contributed by atoms with van der Waals surface area (Å²) in [4.78, 5) is 51.5. The molecule has 2 aliphatic rings. The summed E-state index contributed by atoms with van der Waals surface area (Å²) in [5.41, 5.74) is 6.23. The van der Waals surface area contributed by atoms with Crippen molar-refractivity contribution in [3.63, 3.8) is 0 Å². The minimum Gasteiger partial charge on any atom is -0.543 e. The Labute approximate surface area is 234 Å². The fourth-order valence-electron chi connectivity index (χ4n) is 4.41. The van der Waals surface area contributed by atoms with Gasteiger partial charge in [0.1, 0.15) is 17.1 Å². The quantitative estimate of drug-likeness (QED) is 0.0645. The number of H-pyrrole nitrogens is 1. The SMILES string of the molecule is C#CCO/N=C(\C(=O)NC1C(=O)N2C(C(=O)[O-])=C(Cc3[nH+]ccc4cc(O)c(O)cc34)CS[C@H]12)c1csc(N)n1. The van der Waals surface area contributed by atoms with Gasteiger partial charge in [-0.2, -0.15) is 0 Å². The van der Waals surface area contributed by atoms with Gasteiger partial charge in [0, 0.05) is 17.2 Å². The zero-order chi connectivity index (χ0) is 28.6. The summed E-state index contributed by atoms with van der Waals surface area (Å²) >= 11 is 2.34. The van der Waals surface area contributed by atoms with E-state index < -0.39 is 29.2 Å². The highest BCUT2D eigenvalue weighted by atomic mass is 32.2. The number of terminal acetylenes is 1. The summed E-state index contributed by atoms with van der Waals surface area (Å²) in [5, 5.41) is 40.5. The van der Waals surface area contributed by atoms with Gasteiger partial charge in [-0.25, -0.2) is 9.97 Å². The number of benzene rings is 1. The van der Waals surface area contributed by atoms with Crippen LogP contribution in [0.15, 0.2) is 46.2 Å². The predicted octanol–water partition coefficient (Wildman–Crippen LogP) is -0.896. The van der Waals surface area contributed by atoms with Gasteiger partial charge in [0.05, 0.1) is 23.5 Å². The van der Waals surface area contributed by atoms with Gasteiger partial charge < -0.3 is 36.0 Å². The largest absolute Gasteiger partial charge is 0.543 e. The molecule has 0 saturated carbocycles. The highest BCUT2D eigenvalue weighted by molar-refractivity contribution is 8.00. The number of phenols is 2. The van der Waals surface area contributed by atoms with Crippen LogP contribution in [0.25, 0.3) is 10.8 Å². The van der Waals surface area contributed by atoms with Crippen molar-refractivity contribution in [2.24, 2.45) is 5.16 Å². The molecule has 13 nitrogen and oxygen atoms in total. The lowest BCUT2D eigenvalue weighted by Gasteiger charge is -2.50. The number of rotatable bonds is 8. The Morgan fingerprint density at radius 2 is 2.15 bits per heavy atom. The van der Waals surface area contributed by atoms with Gasteiger partial charge in [-0.05, 0) is 23.1 Å². The molecule has 0 spiro atoms. The van der Waals surface area contributed by atoms with Crippen LogP contribution in [0.2, 0.25) is 0 Å². The molecule has 0 bridgehead atoms. The number of amides is 2. The number of hydrogen-bond donors (Lipinski definition) is 4. The number of aromatic nitrogens is 2. The summed E-state index contributed by atoms with van der Waals surface area (Å²) in [6.45, 7) is -0.206. The van der Waals surface area contributed by atoms with Crippen LogP contribution in [0.1, 0.15) is 11.4 Å².